The third-order valence-electron chi connectivity index (χ3n) is 1.86. The van der Waals surface area contributed by atoms with Gasteiger partial charge in [-0.25, -0.2) is 4.79 Å². The Balaban J connectivity index is 2.22. The lowest BCUT2D eigenvalue weighted by Crippen LogP contribution is -2.22. The summed E-state index contributed by atoms with van der Waals surface area (Å²) >= 11 is 4.15. The van der Waals surface area contributed by atoms with Gasteiger partial charge in [0, 0.05) is 3.92 Å². The van der Waals surface area contributed by atoms with Crippen LogP contribution >= 0.6 is 45.2 Å². The summed E-state index contributed by atoms with van der Waals surface area (Å²) in [6.45, 7) is 0. The average molecular weight is 380 g/mol. The topological polar surface area (TPSA) is 26.3 Å². The van der Waals surface area contributed by atoms with E-state index in [-0.39, 0.29) is 10.1 Å². The van der Waals surface area contributed by atoms with Gasteiger partial charge >= 0.3 is 3.98 Å². The summed E-state index contributed by atoms with van der Waals surface area (Å²) in [4.78, 5) is 10.6. The number of halogens is 2. The van der Waals surface area contributed by atoms with E-state index in [1.807, 2.05) is 0 Å². The second-order valence-electron chi connectivity index (χ2n) is 2.73. The minimum absolute atomic E-state index is 0.167. The molecule has 0 bridgehead atoms. The van der Waals surface area contributed by atoms with E-state index in [1.54, 1.807) is 22.6 Å². The Morgan fingerprint density at radius 3 is 2.27 bits per heavy atom. The van der Waals surface area contributed by atoms with E-state index in [9.17, 15) is 4.79 Å². The molecule has 0 aliphatic heterocycles. The number of alkyl halides is 1. The van der Waals surface area contributed by atoms with E-state index >= 15 is 0 Å². The van der Waals surface area contributed by atoms with Gasteiger partial charge in [0.25, 0.3) is 0 Å². The number of ether oxygens (including phenoxy) is 1. The summed E-state index contributed by atoms with van der Waals surface area (Å²) in [6, 6.07) is 0. The molecule has 0 aromatic carbocycles. The molecule has 1 fully saturated rings. The Bertz CT molecular complexity index is 141. The Morgan fingerprint density at radius 1 is 1.27 bits per heavy atom. The Hall–Kier alpha value is 0.930. The second kappa shape index (κ2) is 4.84. The van der Waals surface area contributed by atoms with Crippen molar-refractivity contribution in [2.45, 2.75) is 35.7 Å². The zero-order chi connectivity index (χ0) is 8.27. The lowest BCUT2D eigenvalue weighted by Gasteiger charge is -2.24. The highest BCUT2D eigenvalue weighted by molar-refractivity contribution is 14.1. The molecule has 1 saturated carbocycles. The Labute approximate surface area is 93.7 Å². The maximum Gasteiger partial charge on any atom is 0.367 e. The molecule has 11 heavy (non-hydrogen) atoms. The molecule has 0 aromatic rings. The molecule has 0 amide bonds. The first-order valence-corrected chi connectivity index (χ1v) is 6.01. The standard InChI is InChI=1S/C7H10I2O2/c8-5-1-3-6(4-2-5)11-7(9)10/h5-6H,1-4H2/t5-,6+. The van der Waals surface area contributed by atoms with Gasteiger partial charge in [0.05, 0.1) is 22.6 Å². The molecule has 0 aromatic heterocycles. The van der Waals surface area contributed by atoms with E-state index in [1.165, 1.54) is 12.8 Å². The van der Waals surface area contributed by atoms with Gasteiger partial charge in [0.1, 0.15) is 6.10 Å². The van der Waals surface area contributed by atoms with Gasteiger partial charge in [-0.15, -0.1) is 0 Å². The molecule has 4 heteroatoms. The Kier molecular flexibility index (Phi) is 4.40. The van der Waals surface area contributed by atoms with Crippen molar-refractivity contribution < 1.29 is 9.53 Å². The van der Waals surface area contributed by atoms with Crippen LogP contribution in [0.25, 0.3) is 0 Å². The smallest absolute Gasteiger partial charge is 0.367 e. The lowest BCUT2D eigenvalue weighted by molar-refractivity contribution is 0.102. The first-order valence-electron chi connectivity index (χ1n) is 3.68. The van der Waals surface area contributed by atoms with E-state index < -0.39 is 0 Å². The highest BCUT2D eigenvalue weighted by Gasteiger charge is 2.21. The van der Waals surface area contributed by atoms with Crippen molar-refractivity contribution in [1.29, 1.82) is 0 Å². The number of carbonyl (C=O) groups excluding carboxylic acids is 1. The lowest BCUT2D eigenvalue weighted by atomic mass is 9.98. The van der Waals surface area contributed by atoms with Crippen LogP contribution < -0.4 is 0 Å². The molecule has 0 radical (unpaired) electrons. The van der Waals surface area contributed by atoms with E-state index in [0.717, 1.165) is 16.8 Å². The van der Waals surface area contributed by atoms with Gasteiger partial charge in [0.2, 0.25) is 0 Å². The largest absolute Gasteiger partial charge is 0.455 e. The summed E-state index contributed by atoms with van der Waals surface area (Å²) in [6.07, 6.45) is 4.67. The highest BCUT2D eigenvalue weighted by atomic mass is 127. The van der Waals surface area contributed by atoms with Crippen LogP contribution in [-0.4, -0.2) is 14.0 Å². The number of rotatable bonds is 1. The molecule has 0 saturated heterocycles. The van der Waals surface area contributed by atoms with Gasteiger partial charge in [-0.05, 0) is 25.7 Å². The summed E-state index contributed by atoms with van der Waals surface area (Å²) in [5, 5.41) is 0. The van der Waals surface area contributed by atoms with Gasteiger partial charge in [0.15, 0.2) is 0 Å². The van der Waals surface area contributed by atoms with Crippen molar-refractivity contribution in [3.63, 3.8) is 0 Å². The molecule has 0 spiro atoms. The average Bonchev–Trinajstić information content (AvgIpc) is 1.93. The molecular weight excluding hydrogens is 370 g/mol. The normalized spacial score (nSPS) is 31.5. The molecule has 1 rings (SSSR count). The van der Waals surface area contributed by atoms with Gasteiger partial charge < -0.3 is 4.74 Å². The van der Waals surface area contributed by atoms with Crippen LogP contribution in [0.5, 0.6) is 0 Å². The van der Waals surface area contributed by atoms with Gasteiger partial charge in [-0.1, -0.05) is 22.6 Å². The minimum atomic E-state index is -0.167. The van der Waals surface area contributed by atoms with Gasteiger partial charge in [-0.3, -0.25) is 0 Å². The zero-order valence-corrected chi connectivity index (χ0v) is 10.4. The molecular formula is C7H10I2O2. The van der Waals surface area contributed by atoms with Crippen LogP contribution in [0.15, 0.2) is 0 Å². The molecule has 1 aliphatic rings. The fourth-order valence-corrected chi connectivity index (χ4v) is 2.35. The van der Waals surface area contributed by atoms with Crippen molar-refractivity contribution in [3.05, 3.63) is 0 Å². The zero-order valence-electron chi connectivity index (χ0n) is 6.06. The number of carbonyl (C=O) groups is 1. The van der Waals surface area contributed by atoms with Crippen LogP contribution in [0.3, 0.4) is 0 Å². The van der Waals surface area contributed by atoms with Crippen molar-refractivity contribution in [2.24, 2.45) is 0 Å². The molecule has 0 atom stereocenters. The second-order valence-corrected chi connectivity index (χ2v) is 5.37. The van der Waals surface area contributed by atoms with Gasteiger partial charge in [-0.2, -0.15) is 0 Å². The summed E-state index contributed by atoms with van der Waals surface area (Å²) < 4.78 is 5.71. The molecule has 2 nitrogen and oxygen atoms in total. The van der Waals surface area contributed by atoms with Crippen LogP contribution in [-0.2, 0) is 4.74 Å². The third-order valence-corrected chi connectivity index (χ3v) is 3.36. The fourth-order valence-electron chi connectivity index (χ4n) is 1.27. The quantitative estimate of drug-likeness (QED) is 0.397. The third kappa shape index (κ3) is 3.91. The van der Waals surface area contributed by atoms with Crippen molar-refractivity contribution in [1.82, 2.24) is 0 Å². The first-order chi connectivity index (χ1) is 5.18. The molecule has 64 valence electrons. The SMILES string of the molecule is O=C(I)O[C@H]1CC[C@@H](I)CC1. The summed E-state index contributed by atoms with van der Waals surface area (Å²) in [5.41, 5.74) is 0. The summed E-state index contributed by atoms with van der Waals surface area (Å²) in [5.74, 6) is 0. The molecule has 0 N–H and O–H groups in total. The fraction of sp³-hybridized carbons (Fsp3) is 0.857. The van der Waals surface area contributed by atoms with Crippen molar-refractivity contribution >= 4 is 49.2 Å². The highest BCUT2D eigenvalue weighted by Crippen LogP contribution is 2.26. The predicted octanol–water partition coefficient (Wildman–Crippen LogP) is 3.30. The van der Waals surface area contributed by atoms with Crippen molar-refractivity contribution in [3.8, 4) is 0 Å². The van der Waals surface area contributed by atoms with E-state index in [4.69, 9.17) is 4.74 Å². The first kappa shape index (κ1) is 10.0. The minimum Gasteiger partial charge on any atom is -0.455 e. The van der Waals surface area contributed by atoms with Crippen LogP contribution in [0, 0.1) is 0 Å². The maximum absolute atomic E-state index is 10.6. The van der Waals surface area contributed by atoms with Crippen LogP contribution in [0.2, 0.25) is 0 Å². The van der Waals surface area contributed by atoms with Crippen LogP contribution in [0.1, 0.15) is 25.7 Å². The van der Waals surface area contributed by atoms with E-state index in [0.29, 0.717) is 0 Å². The number of hydrogen-bond donors (Lipinski definition) is 0. The predicted molar refractivity (Wildman–Crippen MR) is 60.6 cm³/mol. The monoisotopic (exact) mass is 380 g/mol. The number of hydrogen-bond acceptors (Lipinski definition) is 2. The maximum atomic E-state index is 10.6. The van der Waals surface area contributed by atoms with Crippen LogP contribution in [0.4, 0.5) is 4.79 Å². The summed E-state index contributed by atoms with van der Waals surface area (Å²) in [7, 11) is 0. The van der Waals surface area contributed by atoms with E-state index in [2.05, 4.69) is 22.6 Å². The molecule has 0 unspecified atom stereocenters. The Morgan fingerprint density at radius 2 is 1.82 bits per heavy atom. The van der Waals surface area contributed by atoms with Crippen molar-refractivity contribution in [2.75, 3.05) is 0 Å². The molecule has 1 aliphatic carbocycles. The molecule has 0 heterocycles.